The molecule has 0 radical (unpaired) electrons. The molecule has 0 saturated carbocycles. The monoisotopic (exact) mass is 415 g/mol. The van der Waals surface area contributed by atoms with E-state index in [0.29, 0.717) is 21.6 Å². The molecule has 2 N–H and O–H groups in total. The second-order valence-corrected chi connectivity index (χ2v) is 7.80. The Bertz CT molecular complexity index is 1010. The quantitative estimate of drug-likeness (QED) is 0.677. The van der Waals surface area contributed by atoms with Crippen LogP contribution in [0.15, 0.2) is 53.7 Å². The van der Waals surface area contributed by atoms with Crippen LogP contribution in [0.2, 0.25) is 5.02 Å². The molecule has 0 bridgehead atoms. The minimum atomic E-state index is -0.470. The molecule has 0 fully saturated rings. The number of thioether (sulfide) groups is 1. The van der Waals surface area contributed by atoms with E-state index >= 15 is 0 Å². The molecule has 4 rings (SSSR count). The Kier molecular flexibility index (Phi) is 5.15. The lowest BCUT2D eigenvalue weighted by molar-refractivity contribution is -0.116. The summed E-state index contributed by atoms with van der Waals surface area (Å²) >= 11 is 7.40. The number of nitrogens with zero attached hydrogens (tertiary/aromatic N) is 3. The fraction of sp³-hybridized carbons (Fsp3) is 0.211. The highest BCUT2D eigenvalue weighted by molar-refractivity contribution is 8.00. The normalized spacial score (nSPS) is 18.1. The van der Waals surface area contributed by atoms with Crippen LogP contribution in [0.4, 0.5) is 5.69 Å². The predicted octanol–water partition coefficient (Wildman–Crippen LogP) is 3.65. The van der Waals surface area contributed by atoms with Crippen molar-refractivity contribution in [3.63, 3.8) is 0 Å². The summed E-state index contributed by atoms with van der Waals surface area (Å²) < 4.78 is 7.14. The minimum Gasteiger partial charge on any atom is -0.495 e. The van der Waals surface area contributed by atoms with Crippen LogP contribution in [0.5, 0.6) is 5.75 Å². The van der Waals surface area contributed by atoms with E-state index < -0.39 is 5.25 Å². The zero-order valence-corrected chi connectivity index (χ0v) is 16.8. The van der Waals surface area contributed by atoms with Crippen LogP contribution < -0.4 is 15.5 Å². The van der Waals surface area contributed by atoms with E-state index in [1.165, 1.54) is 11.8 Å². The summed E-state index contributed by atoms with van der Waals surface area (Å²) in [4.78, 5) is 13.2. The second-order valence-electron chi connectivity index (χ2n) is 6.25. The first kappa shape index (κ1) is 18.6. The molecule has 0 aliphatic carbocycles. The number of ether oxygens (including phenoxy) is 1. The van der Waals surface area contributed by atoms with Crippen LogP contribution in [0.3, 0.4) is 0 Å². The highest BCUT2D eigenvalue weighted by Gasteiger charge is 2.37. The van der Waals surface area contributed by atoms with Gasteiger partial charge in [0, 0.05) is 5.02 Å². The molecule has 1 amide bonds. The van der Waals surface area contributed by atoms with Gasteiger partial charge in [0.1, 0.15) is 16.8 Å². The fourth-order valence-corrected chi connectivity index (χ4v) is 4.28. The Morgan fingerprint density at radius 2 is 1.96 bits per heavy atom. The zero-order valence-electron chi connectivity index (χ0n) is 15.2. The maximum atomic E-state index is 13.2. The van der Waals surface area contributed by atoms with Gasteiger partial charge in [-0.05, 0) is 36.8 Å². The number of amides is 1. The third-order valence-corrected chi connectivity index (χ3v) is 5.92. The molecular formula is C19H18ClN5O2S. The van der Waals surface area contributed by atoms with E-state index in [0.717, 1.165) is 11.4 Å². The molecule has 0 unspecified atom stereocenters. The van der Waals surface area contributed by atoms with Gasteiger partial charge in [-0.1, -0.05) is 47.6 Å². The first-order chi connectivity index (χ1) is 13.6. The van der Waals surface area contributed by atoms with Crippen molar-refractivity contribution in [2.45, 2.75) is 23.4 Å². The lowest BCUT2D eigenvalue weighted by atomic mass is 10.0. The number of methoxy groups -OCH3 is 1. The van der Waals surface area contributed by atoms with Gasteiger partial charge in [-0.15, -0.1) is 10.2 Å². The standard InChI is InChI=1S/C19H18ClN5O2S/c1-11-22-23-19-25(11)24-16(12-7-9-13(20)10-8-12)17(28-19)18(26)21-14-5-3-4-6-15(14)27-2/h3-10,16-17,24H,1-2H3,(H,21,26)/t16-,17+/m1/s1. The number of para-hydroxylation sites is 2. The number of aryl methyl sites for hydroxylation is 1. The second kappa shape index (κ2) is 7.73. The Balaban J connectivity index is 1.67. The minimum absolute atomic E-state index is 0.158. The van der Waals surface area contributed by atoms with Gasteiger partial charge >= 0.3 is 0 Å². The fourth-order valence-electron chi connectivity index (χ4n) is 3.03. The van der Waals surface area contributed by atoms with Gasteiger partial charge < -0.3 is 15.5 Å². The molecule has 7 nitrogen and oxygen atoms in total. The lowest BCUT2D eigenvalue weighted by Crippen LogP contribution is -2.41. The van der Waals surface area contributed by atoms with E-state index in [1.54, 1.807) is 17.9 Å². The van der Waals surface area contributed by atoms with E-state index in [9.17, 15) is 4.79 Å². The molecule has 1 aromatic heterocycles. The van der Waals surface area contributed by atoms with Crippen molar-refractivity contribution in [2.24, 2.45) is 0 Å². The molecule has 9 heteroatoms. The predicted molar refractivity (Wildman–Crippen MR) is 110 cm³/mol. The summed E-state index contributed by atoms with van der Waals surface area (Å²) in [6, 6.07) is 14.5. The van der Waals surface area contributed by atoms with E-state index in [4.69, 9.17) is 16.3 Å². The molecule has 0 spiro atoms. The number of carbonyl (C=O) groups excluding carboxylic acids is 1. The molecule has 1 aliphatic heterocycles. The van der Waals surface area contributed by atoms with E-state index in [1.807, 2.05) is 49.4 Å². The summed E-state index contributed by atoms with van der Waals surface area (Å²) in [6.45, 7) is 1.86. The number of halogens is 1. The van der Waals surface area contributed by atoms with Crippen molar-refractivity contribution in [1.29, 1.82) is 0 Å². The number of anilines is 1. The maximum Gasteiger partial charge on any atom is 0.240 e. The maximum absolute atomic E-state index is 13.2. The van der Waals surface area contributed by atoms with Crippen LogP contribution in [0.1, 0.15) is 17.4 Å². The van der Waals surface area contributed by atoms with Gasteiger partial charge in [0.2, 0.25) is 11.1 Å². The van der Waals surface area contributed by atoms with Crippen molar-refractivity contribution in [1.82, 2.24) is 14.9 Å². The average Bonchev–Trinajstić information content (AvgIpc) is 3.08. The summed E-state index contributed by atoms with van der Waals surface area (Å²) in [6.07, 6.45) is 0. The summed E-state index contributed by atoms with van der Waals surface area (Å²) in [5, 5.41) is 12.0. The first-order valence-corrected chi connectivity index (χ1v) is 9.87. The Labute approximate surface area is 171 Å². The van der Waals surface area contributed by atoms with Gasteiger partial charge in [0.25, 0.3) is 0 Å². The van der Waals surface area contributed by atoms with Crippen molar-refractivity contribution in [3.8, 4) is 5.75 Å². The number of carbonyl (C=O) groups is 1. The molecule has 2 heterocycles. The zero-order chi connectivity index (χ0) is 19.7. The molecular weight excluding hydrogens is 398 g/mol. The van der Waals surface area contributed by atoms with Crippen LogP contribution in [-0.2, 0) is 4.79 Å². The molecule has 0 saturated heterocycles. The van der Waals surface area contributed by atoms with Crippen LogP contribution in [-0.4, -0.2) is 33.1 Å². The third-order valence-electron chi connectivity index (χ3n) is 4.45. The first-order valence-electron chi connectivity index (χ1n) is 8.61. The van der Waals surface area contributed by atoms with Crippen LogP contribution >= 0.6 is 23.4 Å². The number of rotatable bonds is 4. The van der Waals surface area contributed by atoms with E-state index in [-0.39, 0.29) is 11.9 Å². The highest BCUT2D eigenvalue weighted by Crippen LogP contribution is 2.38. The van der Waals surface area contributed by atoms with Gasteiger partial charge in [-0.3, -0.25) is 4.79 Å². The van der Waals surface area contributed by atoms with Gasteiger partial charge in [0.05, 0.1) is 18.8 Å². The number of fused-ring (bicyclic) bond motifs is 1. The number of benzene rings is 2. The van der Waals surface area contributed by atoms with Gasteiger partial charge in [0.15, 0.2) is 0 Å². The van der Waals surface area contributed by atoms with Crippen molar-refractivity contribution < 1.29 is 9.53 Å². The van der Waals surface area contributed by atoms with Crippen molar-refractivity contribution in [2.75, 3.05) is 17.9 Å². The van der Waals surface area contributed by atoms with E-state index in [2.05, 4.69) is 20.9 Å². The lowest BCUT2D eigenvalue weighted by Gasteiger charge is -2.32. The van der Waals surface area contributed by atoms with Crippen molar-refractivity contribution in [3.05, 3.63) is 64.9 Å². The van der Waals surface area contributed by atoms with Crippen LogP contribution in [0.25, 0.3) is 0 Å². The summed E-state index contributed by atoms with van der Waals surface area (Å²) in [5.74, 6) is 1.17. The van der Waals surface area contributed by atoms with Gasteiger partial charge in [-0.2, -0.15) is 0 Å². The van der Waals surface area contributed by atoms with Crippen LogP contribution in [0, 0.1) is 6.92 Å². The summed E-state index contributed by atoms with van der Waals surface area (Å²) in [5.41, 5.74) is 4.92. The largest absolute Gasteiger partial charge is 0.495 e. The summed E-state index contributed by atoms with van der Waals surface area (Å²) in [7, 11) is 1.57. The molecule has 28 heavy (non-hydrogen) atoms. The smallest absolute Gasteiger partial charge is 0.240 e. The third kappa shape index (κ3) is 3.53. The molecule has 2 atom stereocenters. The molecule has 144 valence electrons. The number of nitrogens with one attached hydrogen (secondary N) is 2. The van der Waals surface area contributed by atoms with Crippen molar-refractivity contribution >= 4 is 35.0 Å². The molecule has 3 aromatic rings. The Hall–Kier alpha value is -2.71. The van der Waals surface area contributed by atoms with Gasteiger partial charge in [-0.25, -0.2) is 4.68 Å². The topological polar surface area (TPSA) is 81.1 Å². The average molecular weight is 416 g/mol. The number of hydrogen-bond donors (Lipinski definition) is 2. The SMILES string of the molecule is COc1ccccc1NC(=O)[C@H]1Sc2nnc(C)n2N[C@@H]1c1ccc(Cl)cc1. The number of hydrogen-bond acceptors (Lipinski definition) is 6. The highest BCUT2D eigenvalue weighted by atomic mass is 35.5. The number of aromatic nitrogens is 3. The Morgan fingerprint density at radius 1 is 1.21 bits per heavy atom. The molecule has 2 aromatic carbocycles. The Morgan fingerprint density at radius 3 is 2.71 bits per heavy atom. The molecule has 1 aliphatic rings.